The third kappa shape index (κ3) is 4.60. The first-order valence-corrected chi connectivity index (χ1v) is 10.1. The van der Waals surface area contributed by atoms with Gasteiger partial charge in [0.2, 0.25) is 10.0 Å². The Bertz CT molecular complexity index is 990. The lowest BCUT2D eigenvalue weighted by molar-refractivity contribution is -0.119. The summed E-state index contributed by atoms with van der Waals surface area (Å²) in [5, 5.41) is 0. The predicted octanol–water partition coefficient (Wildman–Crippen LogP) is 2.27. The van der Waals surface area contributed by atoms with Gasteiger partial charge in [-0.25, -0.2) is 17.5 Å². The second-order valence-corrected chi connectivity index (χ2v) is 8.86. The van der Waals surface area contributed by atoms with Crippen LogP contribution in [0.25, 0.3) is 0 Å². The van der Waals surface area contributed by atoms with Crippen LogP contribution in [0.15, 0.2) is 47.4 Å². The van der Waals surface area contributed by atoms with E-state index < -0.39 is 33.4 Å². The number of amides is 1. The number of hydrogen-bond acceptors (Lipinski definition) is 5. The quantitative estimate of drug-likeness (QED) is 0.762. The fourth-order valence-electron chi connectivity index (χ4n) is 3.05. The van der Waals surface area contributed by atoms with E-state index in [9.17, 15) is 17.6 Å². The minimum atomic E-state index is -3.87. The molecule has 3 rings (SSSR count). The van der Waals surface area contributed by atoms with Gasteiger partial charge < -0.3 is 15.2 Å². The van der Waals surface area contributed by atoms with E-state index in [2.05, 4.69) is 4.72 Å². The van der Waals surface area contributed by atoms with Gasteiger partial charge in [0.15, 0.2) is 6.61 Å². The molecule has 0 spiro atoms. The molecule has 2 aromatic carbocycles. The molecule has 0 bridgehead atoms. The summed E-state index contributed by atoms with van der Waals surface area (Å²) in [6.07, 6.45) is 0.391. The van der Waals surface area contributed by atoms with Gasteiger partial charge in [-0.2, -0.15) is 0 Å². The van der Waals surface area contributed by atoms with Gasteiger partial charge in [-0.1, -0.05) is 6.07 Å². The van der Waals surface area contributed by atoms with Gasteiger partial charge in [0.1, 0.15) is 22.9 Å². The van der Waals surface area contributed by atoms with E-state index in [1.807, 2.05) is 13.8 Å². The summed E-state index contributed by atoms with van der Waals surface area (Å²) in [6, 6.07) is 8.95. The largest absolute Gasteiger partial charge is 0.487 e. The van der Waals surface area contributed by atoms with Crippen molar-refractivity contribution in [2.45, 2.75) is 36.8 Å². The number of rotatable bonds is 6. The molecule has 0 aromatic heterocycles. The zero-order valence-corrected chi connectivity index (χ0v) is 16.3. The average Bonchev–Trinajstić information content (AvgIpc) is 2.58. The third-order valence-corrected chi connectivity index (χ3v) is 5.73. The van der Waals surface area contributed by atoms with E-state index in [1.165, 1.54) is 12.1 Å². The lowest BCUT2D eigenvalue weighted by Crippen LogP contribution is -2.41. The number of nitrogens with one attached hydrogen (secondary N) is 1. The lowest BCUT2D eigenvalue weighted by atomic mass is 9.90. The summed E-state index contributed by atoms with van der Waals surface area (Å²) >= 11 is 0. The maximum absolute atomic E-state index is 13.1. The Labute approximate surface area is 162 Å². The number of nitrogens with two attached hydrogens (primary N) is 1. The van der Waals surface area contributed by atoms with Gasteiger partial charge in [0, 0.05) is 18.1 Å². The Morgan fingerprint density at radius 3 is 2.61 bits per heavy atom. The van der Waals surface area contributed by atoms with Crippen molar-refractivity contribution in [3.8, 4) is 11.5 Å². The van der Waals surface area contributed by atoms with Crippen molar-refractivity contribution in [3.05, 3.63) is 53.8 Å². The van der Waals surface area contributed by atoms with Crippen LogP contribution in [-0.4, -0.2) is 26.5 Å². The number of sulfonamides is 1. The molecule has 0 saturated carbocycles. The smallest absolute Gasteiger partial charge is 0.255 e. The van der Waals surface area contributed by atoms with Crippen LogP contribution >= 0.6 is 0 Å². The number of hydrogen-bond donors (Lipinski definition) is 2. The Morgan fingerprint density at radius 2 is 1.96 bits per heavy atom. The number of halogens is 1. The SMILES string of the molecule is CC1(C)CC(NS(=O)(=O)c2ccc(F)cc2)c2ccc(OCC(N)=O)cc2O1. The van der Waals surface area contributed by atoms with Crippen LogP contribution in [0, 0.1) is 5.82 Å². The highest BCUT2D eigenvalue weighted by atomic mass is 32.2. The molecule has 0 saturated heterocycles. The summed E-state index contributed by atoms with van der Waals surface area (Å²) in [7, 11) is -3.87. The summed E-state index contributed by atoms with van der Waals surface area (Å²) in [6.45, 7) is 3.40. The molecular weight excluding hydrogens is 387 g/mol. The zero-order valence-electron chi connectivity index (χ0n) is 15.4. The molecule has 1 amide bonds. The molecule has 7 nitrogen and oxygen atoms in total. The molecule has 2 aromatic rings. The van der Waals surface area contributed by atoms with Crippen molar-refractivity contribution >= 4 is 15.9 Å². The van der Waals surface area contributed by atoms with Gasteiger partial charge in [0.25, 0.3) is 5.91 Å². The number of fused-ring (bicyclic) bond motifs is 1. The molecular formula is C19H21FN2O5S. The zero-order chi connectivity index (χ0) is 20.5. The number of benzene rings is 2. The Morgan fingerprint density at radius 1 is 1.29 bits per heavy atom. The maximum atomic E-state index is 13.1. The van der Waals surface area contributed by atoms with E-state index in [0.717, 1.165) is 12.1 Å². The number of primary amides is 1. The van der Waals surface area contributed by atoms with Crippen molar-refractivity contribution < 1.29 is 27.1 Å². The first kappa shape index (κ1) is 20.1. The van der Waals surface area contributed by atoms with Crippen molar-refractivity contribution in [2.24, 2.45) is 5.73 Å². The Hall–Kier alpha value is -2.65. The normalized spacial score (nSPS) is 18.0. The minimum absolute atomic E-state index is 0.0267. The Kier molecular flexibility index (Phi) is 5.31. The number of carbonyl (C=O) groups is 1. The highest BCUT2D eigenvalue weighted by Crippen LogP contribution is 2.41. The second kappa shape index (κ2) is 7.40. The van der Waals surface area contributed by atoms with Crippen LogP contribution in [0.2, 0.25) is 0 Å². The molecule has 1 atom stereocenters. The molecule has 1 unspecified atom stereocenters. The van der Waals surface area contributed by atoms with Gasteiger partial charge >= 0.3 is 0 Å². The molecule has 3 N–H and O–H groups in total. The first-order chi connectivity index (χ1) is 13.1. The standard InChI is InChI=1S/C19H21FN2O5S/c1-19(2)10-16(22-28(24,25)14-6-3-12(20)4-7-14)15-8-5-13(9-17(15)27-19)26-11-18(21)23/h3-9,16,22H,10-11H2,1-2H3,(H2,21,23). The molecule has 150 valence electrons. The summed E-state index contributed by atoms with van der Waals surface area (Å²) in [4.78, 5) is 10.9. The van der Waals surface area contributed by atoms with Crippen LogP contribution in [0.3, 0.4) is 0 Å². The highest BCUT2D eigenvalue weighted by molar-refractivity contribution is 7.89. The summed E-state index contributed by atoms with van der Waals surface area (Å²) in [5.41, 5.74) is 5.07. The minimum Gasteiger partial charge on any atom is -0.487 e. The molecule has 0 radical (unpaired) electrons. The first-order valence-electron chi connectivity index (χ1n) is 8.58. The van der Waals surface area contributed by atoms with E-state index >= 15 is 0 Å². The van der Waals surface area contributed by atoms with Gasteiger partial charge in [-0.15, -0.1) is 0 Å². The van der Waals surface area contributed by atoms with Crippen molar-refractivity contribution in [3.63, 3.8) is 0 Å². The molecule has 1 aliphatic heterocycles. The number of carbonyl (C=O) groups excluding carboxylic acids is 1. The summed E-state index contributed by atoms with van der Waals surface area (Å²) in [5.74, 6) is -0.288. The fraction of sp³-hybridized carbons (Fsp3) is 0.316. The van der Waals surface area contributed by atoms with Crippen LogP contribution in [0.1, 0.15) is 31.9 Å². The maximum Gasteiger partial charge on any atom is 0.255 e. The van der Waals surface area contributed by atoms with E-state index in [1.54, 1.807) is 18.2 Å². The fourth-order valence-corrected chi connectivity index (χ4v) is 4.27. The van der Waals surface area contributed by atoms with Crippen molar-refractivity contribution in [1.29, 1.82) is 0 Å². The molecule has 28 heavy (non-hydrogen) atoms. The third-order valence-electron chi connectivity index (χ3n) is 4.24. The van der Waals surface area contributed by atoms with Crippen LogP contribution < -0.4 is 19.9 Å². The van der Waals surface area contributed by atoms with E-state index in [4.69, 9.17) is 15.2 Å². The summed E-state index contributed by atoms with van der Waals surface area (Å²) < 4.78 is 52.5. The van der Waals surface area contributed by atoms with Crippen molar-refractivity contribution in [1.82, 2.24) is 4.72 Å². The predicted molar refractivity (Wildman–Crippen MR) is 99.9 cm³/mol. The van der Waals surface area contributed by atoms with Crippen LogP contribution in [0.5, 0.6) is 11.5 Å². The second-order valence-electron chi connectivity index (χ2n) is 7.15. The van der Waals surface area contributed by atoms with E-state index in [0.29, 0.717) is 23.5 Å². The molecule has 0 aliphatic carbocycles. The molecule has 1 heterocycles. The van der Waals surface area contributed by atoms with Crippen LogP contribution in [0.4, 0.5) is 4.39 Å². The monoisotopic (exact) mass is 408 g/mol. The molecule has 1 aliphatic rings. The highest BCUT2D eigenvalue weighted by Gasteiger charge is 2.36. The molecule has 9 heteroatoms. The van der Waals surface area contributed by atoms with Crippen molar-refractivity contribution in [2.75, 3.05) is 6.61 Å². The van der Waals surface area contributed by atoms with Crippen LogP contribution in [-0.2, 0) is 14.8 Å². The van der Waals surface area contributed by atoms with E-state index in [-0.39, 0.29) is 11.5 Å². The molecule has 0 fully saturated rings. The Balaban J connectivity index is 1.90. The van der Waals surface area contributed by atoms with Gasteiger partial charge in [0.05, 0.1) is 10.9 Å². The topological polar surface area (TPSA) is 108 Å². The lowest BCUT2D eigenvalue weighted by Gasteiger charge is -2.37. The average molecular weight is 408 g/mol. The van der Waals surface area contributed by atoms with Gasteiger partial charge in [-0.3, -0.25) is 4.79 Å². The van der Waals surface area contributed by atoms with Gasteiger partial charge in [-0.05, 0) is 44.2 Å². The number of ether oxygens (including phenoxy) is 2.